The van der Waals surface area contributed by atoms with Gasteiger partial charge in [0.1, 0.15) is 23.7 Å². The van der Waals surface area contributed by atoms with Crippen LogP contribution in [0.1, 0.15) is 32.4 Å². The Morgan fingerprint density at radius 1 is 1.23 bits per heavy atom. The van der Waals surface area contributed by atoms with Gasteiger partial charge in [0.15, 0.2) is 0 Å². The molecule has 1 atom stereocenters. The molecule has 12 heteroatoms. The SMILES string of the molecule is CC(C)n1nccc1NC(=O)CN1C(=O)NC(C)(c2ccc(OC(F)(F)F)cc2)C1=O. The first kappa shape index (κ1) is 22.1. The van der Waals surface area contributed by atoms with Crippen molar-refractivity contribution in [2.45, 2.75) is 38.7 Å². The number of amides is 4. The molecule has 1 saturated heterocycles. The van der Waals surface area contributed by atoms with E-state index in [4.69, 9.17) is 0 Å². The number of carbonyl (C=O) groups is 3. The highest BCUT2D eigenvalue weighted by Crippen LogP contribution is 2.31. The number of carbonyl (C=O) groups excluding carboxylic acids is 3. The highest BCUT2D eigenvalue weighted by Gasteiger charge is 2.49. The maximum atomic E-state index is 12.9. The number of benzene rings is 1. The molecule has 1 fully saturated rings. The molecule has 2 aromatic rings. The average Bonchev–Trinajstić information content (AvgIpc) is 3.20. The van der Waals surface area contributed by atoms with Gasteiger partial charge < -0.3 is 15.4 Å². The molecule has 1 aliphatic heterocycles. The van der Waals surface area contributed by atoms with Crippen molar-refractivity contribution in [1.82, 2.24) is 20.0 Å². The smallest absolute Gasteiger partial charge is 0.406 e. The Kier molecular flexibility index (Phi) is 5.66. The summed E-state index contributed by atoms with van der Waals surface area (Å²) in [5, 5.41) is 9.17. The number of alkyl halides is 3. The second kappa shape index (κ2) is 7.93. The van der Waals surface area contributed by atoms with Crippen molar-refractivity contribution in [2.24, 2.45) is 0 Å². The maximum absolute atomic E-state index is 12.9. The molecule has 0 aliphatic carbocycles. The fourth-order valence-corrected chi connectivity index (χ4v) is 3.18. The van der Waals surface area contributed by atoms with E-state index in [1.54, 1.807) is 10.7 Å². The van der Waals surface area contributed by atoms with E-state index in [1.807, 2.05) is 13.8 Å². The van der Waals surface area contributed by atoms with Crippen molar-refractivity contribution in [2.75, 3.05) is 11.9 Å². The van der Waals surface area contributed by atoms with Crippen molar-refractivity contribution in [3.8, 4) is 5.75 Å². The number of anilines is 1. The lowest BCUT2D eigenvalue weighted by atomic mass is 9.92. The molecule has 2 N–H and O–H groups in total. The van der Waals surface area contributed by atoms with E-state index >= 15 is 0 Å². The summed E-state index contributed by atoms with van der Waals surface area (Å²) in [6.07, 6.45) is -3.34. The zero-order valence-corrected chi connectivity index (χ0v) is 16.9. The standard InChI is InChI=1S/C19H20F3N5O4/c1-11(2)27-14(8-9-23-27)24-15(28)10-26-16(29)18(3,25-17(26)30)12-4-6-13(7-5-12)31-19(20,21)22/h4-9,11H,10H2,1-3H3,(H,24,28)(H,25,30). The molecule has 0 saturated carbocycles. The number of halogens is 3. The van der Waals surface area contributed by atoms with Crippen LogP contribution in [0.5, 0.6) is 5.75 Å². The van der Waals surface area contributed by atoms with Gasteiger partial charge in [0.2, 0.25) is 5.91 Å². The number of hydrogen-bond donors (Lipinski definition) is 2. The summed E-state index contributed by atoms with van der Waals surface area (Å²) in [6, 6.07) is 5.32. The van der Waals surface area contributed by atoms with Gasteiger partial charge in [-0.3, -0.25) is 14.5 Å². The third-order valence-corrected chi connectivity index (χ3v) is 4.67. The molecule has 0 radical (unpaired) electrons. The first-order chi connectivity index (χ1) is 14.4. The predicted molar refractivity (Wildman–Crippen MR) is 102 cm³/mol. The molecule has 0 spiro atoms. The van der Waals surface area contributed by atoms with Gasteiger partial charge in [0.05, 0.1) is 6.20 Å². The Bertz CT molecular complexity index is 1000. The summed E-state index contributed by atoms with van der Waals surface area (Å²) in [4.78, 5) is 38.4. The number of aromatic nitrogens is 2. The average molecular weight is 439 g/mol. The van der Waals surface area contributed by atoms with Gasteiger partial charge in [0.25, 0.3) is 5.91 Å². The molecular formula is C19H20F3N5O4. The van der Waals surface area contributed by atoms with Crippen molar-refractivity contribution in [3.63, 3.8) is 0 Å². The van der Waals surface area contributed by atoms with Gasteiger partial charge in [0, 0.05) is 12.1 Å². The summed E-state index contributed by atoms with van der Waals surface area (Å²) in [5.41, 5.74) is -1.31. The monoisotopic (exact) mass is 439 g/mol. The summed E-state index contributed by atoms with van der Waals surface area (Å²) in [7, 11) is 0. The Balaban J connectivity index is 1.72. The second-order valence-corrected chi connectivity index (χ2v) is 7.32. The summed E-state index contributed by atoms with van der Waals surface area (Å²) < 4.78 is 42.4. The Hall–Kier alpha value is -3.57. The van der Waals surface area contributed by atoms with Crippen LogP contribution in [0.4, 0.5) is 23.8 Å². The minimum Gasteiger partial charge on any atom is -0.406 e. The van der Waals surface area contributed by atoms with E-state index in [1.165, 1.54) is 25.3 Å². The lowest BCUT2D eigenvalue weighted by Gasteiger charge is -2.22. The van der Waals surface area contributed by atoms with E-state index in [9.17, 15) is 27.6 Å². The number of urea groups is 1. The minimum atomic E-state index is -4.85. The molecule has 166 valence electrons. The second-order valence-electron chi connectivity index (χ2n) is 7.32. The van der Waals surface area contributed by atoms with Crippen LogP contribution in [0, 0.1) is 0 Å². The van der Waals surface area contributed by atoms with Gasteiger partial charge in [-0.2, -0.15) is 5.10 Å². The number of ether oxygens (including phenoxy) is 1. The fraction of sp³-hybridized carbons (Fsp3) is 0.368. The third-order valence-electron chi connectivity index (χ3n) is 4.67. The van der Waals surface area contributed by atoms with Gasteiger partial charge in [-0.15, -0.1) is 13.2 Å². The van der Waals surface area contributed by atoms with Crippen molar-refractivity contribution in [1.29, 1.82) is 0 Å². The molecule has 2 heterocycles. The molecule has 1 aliphatic rings. The molecule has 31 heavy (non-hydrogen) atoms. The van der Waals surface area contributed by atoms with Crippen molar-refractivity contribution < 1.29 is 32.3 Å². The van der Waals surface area contributed by atoms with Crippen LogP contribution in [0.3, 0.4) is 0 Å². The summed E-state index contributed by atoms with van der Waals surface area (Å²) in [5.74, 6) is -1.37. The lowest BCUT2D eigenvalue weighted by molar-refractivity contribution is -0.274. The predicted octanol–water partition coefficient (Wildman–Crippen LogP) is 2.77. The molecule has 1 aromatic heterocycles. The first-order valence-electron chi connectivity index (χ1n) is 9.24. The quantitative estimate of drug-likeness (QED) is 0.674. The van der Waals surface area contributed by atoms with Crippen LogP contribution in [-0.2, 0) is 15.1 Å². The molecule has 0 bridgehead atoms. The maximum Gasteiger partial charge on any atom is 0.573 e. The van der Waals surface area contributed by atoms with Crippen molar-refractivity contribution in [3.05, 3.63) is 42.1 Å². The zero-order chi connectivity index (χ0) is 23.0. The third kappa shape index (κ3) is 4.62. The van der Waals surface area contributed by atoms with Gasteiger partial charge >= 0.3 is 12.4 Å². The Morgan fingerprint density at radius 2 is 1.87 bits per heavy atom. The summed E-state index contributed by atoms with van der Waals surface area (Å²) in [6.45, 7) is 4.60. The Morgan fingerprint density at radius 3 is 2.45 bits per heavy atom. The van der Waals surface area contributed by atoms with Crippen LogP contribution in [-0.4, -0.2) is 45.4 Å². The van der Waals surface area contributed by atoms with Crippen molar-refractivity contribution >= 4 is 23.7 Å². The highest BCUT2D eigenvalue weighted by molar-refractivity contribution is 6.10. The van der Waals surface area contributed by atoms with E-state index in [0.717, 1.165) is 17.0 Å². The number of nitrogens with zero attached hydrogens (tertiary/aromatic N) is 3. The van der Waals surface area contributed by atoms with Crippen LogP contribution >= 0.6 is 0 Å². The molecule has 1 aromatic carbocycles. The summed E-state index contributed by atoms with van der Waals surface area (Å²) >= 11 is 0. The van der Waals surface area contributed by atoms with Crippen LogP contribution in [0.2, 0.25) is 0 Å². The normalized spacial score (nSPS) is 19.0. The van der Waals surface area contributed by atoms with Crippen LogP contribution in [0.15, 0.2) is 36.5 Å². The van der Waals surface area contributed by atoms with Gasteiger partial charge in [-0.25, -0.2) is 9.48 Å². The molecular weight excluding hydrogens is 419 g/mol. The van der Waals surface area contributed by atoms with Gasteiger partial charge in [-0.05, 0) is 38.5 Å². The van der Waals surface area contributed by atoms with E-state index in [-0.39, 0.29) is 11.6 Å². The van der Waals surface area contributed by atoms with E-state index < -0.39 is 42.0 Å². The highest BCUT2D eigenvalue weighted by atomic mass is 19.4. The van der Waals surface area contributed by atoms with E-state index in [2.05, 4.69) is 20.5 Å². The zero-order valence-electron chi connectivity index (χ0n) is 16.9. The number of rotatable bonds is 6. The number of nitrogens with one attached hydrogen (secondary N) is 2. The van der Waals surface area contributed by atoms with Gasteiger partial charge in [-0.1, -0.05) is 12.1 Å². The van der Waals surface area contributed by atoms with Crippen LogP contribution < -0.4 is 15.4 Å². The molecule has 9 nitrogen and oxygen atoms in total. The largest absolute Gasteiger partial charge is 0.573 e. The first-order valence-corrected chi connectivity index (χ1v) is 9.24. The lowest BCUT2D eigenvalue weighted by Crippen LogP contribution is -2.42. The Labute approximate surface area is 175 Å². The molecule has 4 amide bonds. The number of imide groups is 1. The topological polar surface area (TPSA) is 106 Å². The van der Waals surface area contributed by atoms with E-state index in [0.29, 0.717) is 5.82 Å². The molecule has 3 rings (SSSR count). The minimum absolute atomic E-state index is 0.0189. The number of hydrogen-bond acceptors (Lipinski definition) is 5. The fourth-order valence-electron chi connectivity index (χ4n) is 3.18. The van der Waals surface area contributed by atoms with Crippen LogP contribution in [0.25, 0.3) is 0 Å². The molecule has 1 unspecified atom stereocenters.